The van der Waals surface area contributed by atoms with Crippen molar-refractivity contribution in [3.63, 3.8) is 0 Å². The van der Waals surface area contributed by atoms with Crippen molar-refractivity contribution >= 4 is 23.2 Å². The minimum Gasteiger partial charge on any atom is -0.504 e. The molecule has 0 amide bonds. The standard InChI is InChI=1S/C20H14O4/c21-17-15(12-11-13-7-3-1-4-8-13)18(22)20(24)16(19(17)23)14-9-5-2-6-10-14/h1-12,21,24H/b12-11-. The van der Waals surface area contributed by atoms with Crippen molar-refractivity contribution in [2.75, 3.05) is 0 Å². The molecule has 0 aliphatic heterocycles. The summed E-state index contributed by atoms with van der Waals surface area (Å²) in [5, 5.41) is 20.3. The van der Waals surface area contributed by atoms with Crippen molar-refractivity contribution in [1.82, 2.24) is 0 Å². The number of aliphatic hydroxyl groups is 2. The molecule has 0 atom stereocenters. The molecule has 4 nitrogen and oxygen atoms in total. The number of ketones is 2. The second-order valence-electron chi connectivity index (χ2n) is 5.25. The Kier molecular flexibility index (Phi) is 4.12. The molecule has 1 aliphatic carbocycles. The lowest BCUT2D eigenvalue weighted by Gasteiger charge is -2.16. The van der Waals surface area contributed by atoms with Gasteiger partial charge in [-0.1, -0.05) is 66.7 Å². The summed E-state index contributed by atoms with van der Waals surface area (Å²) in [4.78, 5) is 24.7. The highest BCUT2D eigenvalue weighted by molar-refractivity contribution is 6.38. The molecule has 0 aromatic heterocycles. The molecule has 2 N–H and O–H groups in total. The van der Waals surface area contributed by atoms with Crippen LogP contribution in [-0.4, -0.2) is 21.8 Å². The summed E-state index contributed by atoms with van der Waals surface area (Å²) in [6, 6.07) is 17.4. The Morgan fingerprint density at radius 2 is 1.25 bits per heavy atom. The first-order valence-corrected chi connectivity index (χ1v) is 7.34. The minimum atomic E-state index is -0.780. The number of hydrogen-bond donors (Lipinski definition) is 2. The van der Waals surface area contributed by atoms with Crippen LogP contribution in [0.4, 0.5) is 0 Å². The molecule has 0 radical (unpaired) electrons. The number of hydrogen-bond acceptors (Lipinski definition) is 4. The predicted molar refractivity (Wildman–Crippen MR) is 91.1 cm³/mol. The molecule has 2 aromatic carbocycles. The summed E-state index contributed by atoms with van der Waals surface area (Å²) in [5.74, 6) is -2.87. The van der Waals surface area contributed by atoms with Gasteiger partial charge >= 0.3 is 0 Å². The molecule has 0 saturated carbocycles. The topological polar surface area (TPSA) is 74.6 Å². The van der Waals surface area contributed by atoms with Gasteiger partial charge in [-0.2, -0.15) is 0 Å². The van der Waals surface area contributed by atoms with E-state index in [1.165, 1.54) is 6.08 Å². The quantitative estimate of drug-likeness (QED) is 0.847. The second-order valence-corrected chi connectivity index (χ2v) is 5.25. The van der Waals surface area contributed by atoms with E-state index in [1.807, 2.05) is 30.3 Å². The molecule has 4 heteroatoms. The Hall–Kier alpha value is -3.40. The molecule has 24 heavy (non-hydrogen) atoms. The zero-order valence-electron chi connectivity index (χ0n) is 12.6. The maximum Gasteiger partial charge on any atom is 0.232 e. The monoisotopic (exact) mass is 318 g/mol. The van der Waals surface area contributed by atoms with Gasteiger partial charge in [0.05, 0.1) is 11.1 Å². The van der Waals surface area contributed by atoms with Crippen molar-refractivity contribution in [2.24, 2.45) is 0 Å². The predicted octanol–water partition coefficient (Wildman–Crippen LogP) is 3.63. The minimum absolute atomic E-state index is 0.185. The van der Waals surface area contributed by atoms with Crippen molar-refractivity contribution in [3.05, 3.63) is 95.0 Å². The molecule has 0 heterocycles. The van der Waals surface area contributed by atoms with E-state index in [9.17, 15) is 19.8 Å². The summed E-state index contributed by atoms with van der Waals surface area (Å²) < 4.78 is 0. The Morgan fingerprint density at radius 3 is 1.88 bits per heavy atom. The first kappa shape index (κ1) is 15.5. The molecule has 1 aliphatic rings. The average molecular weight is 318 g/mol. The molecule has 2 aromatic rings. The Labute approximate surface area is 138 Å². The van der Waals surface area contributed by atoms with Crippen LogP contribution in [0, 0.1) is 0 Å². The highest BCUT2D eigenvalue weighted by Gasteiger charge is 2.34. The molecule has 3 rings (SSSR count). The summed E-state index contributed by atoms with van der Waals surface area (Å²) in [6.45, 7) is 0. The SMILES string of the molecule is O=C1C(O)=C(c2ccccc2)C(=O)C(O)=C1/C=C\c1ccccc1. The van der Waals surface area contributed by atoms with E-state index in [0.29, 0.717) is 5.56 Å². The zero-order valence-corrected chi connectivity index (χ0v) is 12.6. The van der Waals surface area contributed by atoms with Crippen molar-refractivity contribution in [3.8, 4) is 0 Å². The van der Waals surface area contributed by atoms with Gasteiger partial charge in [-0.25, -0.2) is 0 Å². The smallest absolute Gasteiger partial charge is 0.232 e. The lowest BCUT2D eigenvalue weighted by Crippen LogP contribution is -2.22. The van der Waals surface area contributed by atoms with Gasteiger partial charge in [0, 0.05) is 0 Å². The summed E-state index contributed by atoms with van der Waals surface area (Å²) >= 11 is 0. The third kappa shape index (κ3) is 2.77. The van der Waals surface area contributed by atoms with E-state index in [2.05, 4.69) is 0 Å². The van der Waals surface area contributed by atoms with Crippen LogP contribution < -0.4 is 0 Å². The van der Waals surface area contributed by atoms with E-state index in [4.69, 9.17) is 0 Å². The van der Waals surface area contributed by atoms with E-state index in [-0.39, 0.29) is 11.1 Å². The van der Waals surface area contributed by atoms with Gasteiger partial charge < -0.3 is 10.2 Å². The van der Waals surface area contributed by atoms with Crippen LogP contribution in [0.3, 0.4) is 0 Å². The number of rotatable bonds is 3. The van der Waals surface area contributed by atoms with Crippen molar-refractivity contribution in [2.45, 2.75) is 0 Å². The Morgan fingerprint density at radius 1 is 0.667 bits per heavy atom. The van der Waals surface area contributed by atoms with Crippen LogP contribution in [0.1, 0.15) is 11.1 Å². The van der Waals surface area contributed by atoms with Crippen LogP contribution in [0.15, 0.2) is 83.8 Å². The average Bonchev–Trinajstić information content (AvgIpc) is 2.62. The van der Waals surface area contributed by atoms with Gasteiger partial charge in [-0.3, -0.25) is 9.59 Å². The molecule has 0 bridgehead atoms. The fourth-order valence-corrected chi connectivity index (χ4v) is 2.47. The number of aliphatic hydroxyl groups excluding tert-OH is 2. The van der Waals surface area contributed by atoms with E-state index >= 15 is 0 Å². The van der Waals surface area contributed by atoms with Gasteiger partial charge in [0.25, 0.3) is 0 Å². The number of carbonyl (C=O) groups is 2. The number of allylic oxidation sites excluding steroid dienone is 3. The summed E-state index contributed by atoms with van der Waals surface area (Å²) in [5.41, 5.74) is 0.775. The van der Waals surface area contributed by atoms with E-state index < -0.39 is 23.1 Å². The molecule has 0 spiro atoms. The van der Waals surface area contributed by atoms with Crippen LogP contribution in [0.25, 0.3) is 11.6 Å². The Bertz CT molecular complexity index is 888. The molecular weight excluding hydrogens is 304 g/mol. The van der Waals surface area contributed by atoms with Gasteiger partial charge in [0.1, 0.15) is 0 Å². The van der Waals surface area contributed by atoms with Gasteiger partial charge in [-0.15, -0.1) is 0 Å². The van der Waals surface area contributed by atoms with Crippen LogP contribution >= 0.6 is 0 Å². The first-order chi connectivity index (χ1) is 11.6. The molecule has 0 saturated heterocycles. The number of carbonyl (C=O) groups excluding carboxylic acids is 2. The lowest BCUT2D eigenvalue weighted by molar-refractivity contribution is -0.118. The normalized spacial score (nSPS) is 15.5. The largest absolute Gasteiger partial charge is 0.504 e. The molecule has 118 valence electrons. The molecular formula is C20H14O4. The zero-order chi connectivity index (χ0) is 17.1. The van der Waals surface area contributed by atoms with E-state index in [1.54, 1.807) is 36.4 Å². The maximum absolute atomic E-state index is 12.4. The van der Waals surface area contributed by atoms with Crippen molar-refractivity contribution in [1.29, 1.82) is 0 Å². The second kappa shape index (κ2) is 6.38. The molecule has 0 unspecified atom stereocenters. The van der Waals surface area contributed by atoms with Crippen LogP contribution in [0.5, 0.6) is 0 Å². The van der Waals surface area contributed by atoms with Gasteiger partial charge in [0.2, 0.25) is 11.6 Å². The highest BCUT2D eigenvalue weighted by Crippen LogP contribution is 2.30. The fraction of sp³-hybridized carbons (Fsp3) is 0. The van der Waals surface area contributed by atoms with Gasteiger partial charge in [-0.05, 0) is 17.2 Å². The van der Waals surface area contributed by atoms with Crippen molar-refractivity contribution < 1.29 is 19.8 Å². The fourth-order valence-electron chi connectivity index (χ4n) is 2.47. The van der Waals surface area contributed by atoms with Crippen LogP contribution in [-0.2, 0) is 9.59 Å². The molecule has 0 fully saturated rings. The maximum atomic E-state index is 12.4. The van der Waals surface area contributed by atoms with Gasteiger partial charge in [0.15, 0.2) is 11.5 Å². The number of benzene rings is 2. The third-order valence-electron chi connectivity index (χ3n) is 3.70. The first-order valence-electron chi connectivity index (χ1n) is 7.34. The third-order valence-corrected chi connectivity index (χ3v) is 3.70. The van der Waals surface area contributed by atoms with Crippen LogP contribution in [0.2, 0.25) is 0 Å². The van der Waals surface area contributed by atoms with E-state index in [0.717, 1.165) is 5.56 Å². The lowest BCUT2D eigenvalue weighted by atomic mass is 9.89. The Balaban J connectivity index is 2.00. The summed E-state index contributed by atoms with van der Waals surface area (Å²) in [6.07, 6.45) is 2.93. The number of Topliss-reactive ketones (excluding diaryl/α,β-unsaturated/α-hetero) is 2. The summed E-state index contributed by atoms with van der Waals surface area (Å²) in [7, 11) is 0. The highest BCUT2D eigenvalue weighted by atomic mass is 16.3.